The van der Waals surface area contributed by atoms with Gasteiger partial charge in [-0.25, -0.2) is 9.97 Å². The van der Waals surface area contributed by atoms with Gasteiger partial charge < -0.3 is 0 Å². The highest BCUT2D eigenvalue weighted by Crippen LogP contribution is 2.22. The number of nitrogens with zero attached hydrogens (tertiary/aromatic N) is 2. The quantitative estimate of drug-likeness (QED) is 0.685. The van der Waals surface area contributed by atoms with Crippen LogP contribution in [0.1, 0.15) is 18.9 Å². The minimum absolute atomic E-state index is 0.787. The molecule has 0 aliphatic carbocycles. The molecule has 0 fully saturated rings. The van der Waals surface area contributed by atoms with Crippen LogP contribution < -0.4 is 0 Å². The fourth-order valence-corrected chi connectivity index (χ4v) is 2.36. The molecule has 3 aromatic rings. The van der Waals surface area contributed by atoms with Crippen LogP contribution in [0.15, 0.2) is 67.0 Å². The number of benzene rings is 2. The van der Waals surface area contributed by atoms with E-state index in [-0.39, 0.29) is 0 Å². The summed E-state index contributed by atoms with van der Waals surface area (Å²) in [7, 11) is 0. The van der Waals surface area contributed by atoms with E-state index >= 15 is 0 Å². The molecular formula is C19H18N2. The summed E-state index contributed by atoms with van der Waals surface area (Å²) in [5.41, 5.74) is 4.69. The lowest BCUT2D eigenvalue weighted by Crippen LogP contribution is -1.92. The van der Waals surface area contributed by atoms with E-state index in [1.54, 1.807) is 0 Å². The van der Waals surface area contributed by atoms with Gasteiger partial charge in [-0.1, -0.05) is 67.9 Å². The Hall–Kier alpha value is -2.48. The van der Waals surface area contributed by atoms with Crippen molar-refractivity contribution < 1.29 is 0 Å². The molecule has 1 heterocycles. The first-order chi connectivity index (χ1) is 10.4. The van der Waals surface area contributed by atoms with Crippen molar-refractivity contribution >= 4 is 0 Å². The molecule has 0 unspecified atom stereocenters. The van der Waals surface area contributed by atoms with Crippen molar-refractivity contribution in [2.75, 3.05) is 0 Å². The third-order valence-electron chi connectivity index (χ3n) is 3.49. The molecule has 0 amide bonds. The molecule has 0 saturated carbocycles. The number of aromatic nitrogens is 2. The molecule has 2 aromatic carbocycles. The normalized spacial score (nSPS) is 10.5. The zero-order chi connectivity index (χ0) is 14.5. The highest BCUT2D eigenvalue weighted by Gasteiger charge is 2.02. The lowest BCUT2D eigenvalue weighted by molar-refractivity contribution is 0.902. The molecular weight excluding hydrogens is 256 g/mol. The number of aryl methyl sites for hydroxylation is 1. The van der Waals surface area contributed by atoms with E-state index in [0.717, 1.165) is 24.2 Å². The smallest absolute Gasteiger partial charge is 0.159 e. The number of hydrogen-bond donors (Lipinski definition) is 0. The Morgan fingerprint density at radius 3 is 1.90 bits per heavy atom. The molecule has 104 valence electrons. The van der Waals surface area contributed by atoms with Gasteiger partial charge in [0.1, 0.15) is 0 Å². The van der Waals surface area contributed by atoms with E-state index in [4.69, 9.17) is 0 Å². The van der Waals surface area contributed by atoms with Crippen LogP contribution in [0.4, 0.5) is 0 Å². The standard InChI is InChI=1S/C19H18N2/c1-2-6-15-13-20-19(21-14-15)18-11-9-17(10-12-18)16-7-4-3-5-8-16/h3-5,7-14H,2,6H2,1H3. The Bertz CT molecular complexity index is 686. The van der Waals surface area contributed by atoms with E-state index in [0.29, 0.717) is 0 Å². The average molecular weight is 274 g/mol. The summed E-state index contributed by atoms with van der Waals surface area (Å²) in [6.07, 6.45) is 6.01. The molecule has 0 spiro atoms. The minimum atomic E-state index is 0.787. The van der Waals surface area contributed by atoms with Crippen molar-refractivity contribution in [2.24, 2.45) is 0 Å². The van der Waals surface area contributed by atoms with Crippen LogP contribution >= 0.6 is 0 Å². The summed E-state index contributed by atoms with van der Waals surface area (Å²) >= 11 is 0. The maximum Gasteiger partial charge on any atom is 0.159 e. The predicted octanol–water partition coefficient (Wildman–Crippen LogP) is 4.76. The van der Waals surface area contributed by atoms with E-state index < -0.39 is 0 Å². The maximum atomic E-state index is 4.46. The first kappa shape index (κ1) is 13.5. The summed E-state index contributed by atoms with van der Waals surface area (Å²) in [4.78, 5) is 8.92. The van der Waals surface area contributed by atoms with Crippen molar-refractivity contribution in [3.8, 4) is 22.5 Å². The van der Waals surface area contributed by atoms with E-state index in [1.807, 2.05) is 18.5 Å². The Kier molecular flexibility index (Phi) is 4.06. The molecule has 3 rings (SSSR count). The molecule has 1 aromatic heterocycles. The van der Waals surface area contributed by atoms with Crippen LogP contribution in [0.25, 0.3) is 22.5 Å². The maximum absolute atomic E-state index is 4.46. The largest absolute Gasteiger partial charge is 0.236 e. The molecule has 0 saturated heterocycles. The van der Waals surface area contributed by atoms with Gasteiger partial charge in [-0.2, -0.15) is 0 Å². The van der Waals surface area contributed by atoms with Gasteiger partial charge in [0.15, 0.2) is 5.82 Å². The highest BCUT2D eigenvalue weighted by atomic mass is 14.9. The monoisotopic (exact) mass is 274 g/mol. The minimum Gasteiger partial charge on any atom is -0.236 e. The van der Waals surface area contributed by atoms with Crippen LogP contribution in [-0.4, -0.2) is 9.97 Å². The topological polar surface area (TPSA) is 25.8 Å². The third-order valence-corrected chi connectivity index (χ3v) is 3.49. The fourth-order valence-electron chi connectivity index (χ4n) is 2.36. The Morgan fingerprint density at radius 2 is 1.29 bits per heavy atom. The molecule has 0 N–H and O–H groups in total. The summed E-state index contributed by atoms with van der Waals surface area (Å²) in [5, 5.41) is 0. The van der Waals surface area contributed by atoms with Gasteiger partial charge >= 0.3 is 0 Å². The first-order valence-corrected chi connectivity index (χ1v) is 7.33. The second-order valence-electron chi connectivity index (χ2n) is 5.11. The Labute approximate surface area is 125 Å². The van der Waals surface area contributed by atoms with Crippen LogP contribution in [0.2, 0.25) is 0 Å². The van der Waals surface area contributed by atoms with Crippen LogP contribution in [0.3, 0.4) is 0 Å². The third kappa shape index (κ3) is 3.16. The number of hydrogen-bond acceptors (Lipinski definition) is 2. The molecule has 0 aliphatic heterocycles. The van der Waals surface area contributed by atoms with Gasteiger partial charge in [-0.15, -0.1) is 0 Å². The van der Waals surface area contributed by atoms with Crippen molar-refractivity contribution in [3.63, 3.8) is 0 Å². The molecule has 0 atom stereocenters. The zero-order valence-corrected chi connectivity index (χ0v) is 12.2. The SMILES string of the molecule is CCCc1cnc(-c2ccc(-c3ccccc3)cc2)nc1. The molecule has 0 aliphatic rings. The molecule has 0 bridgehead atoms. The molecule has 2 nitrogen and oxygen atoms in total. The summed E-state index contributed by atoms with van der Waals surface area (Å²) < 4.78 is 0. The van der Waals surface area contributed by atoms with Gasteiger partial charge in [0, 0.05) is 18.0 Å². The second-order valence-corrected chi connectivity index (χ2v) is 5.11. The molecule has 2 heteroatoms. The Morgan fingerprint density at radius 1 is 0.714 bits per heavy atom. The summed E-state index contributed by atoms with van der Waals surface area (Å²) in [5.74, 6) is 0.787. The second kappa shape index (κ2) is 6.31. The van der Waals surface area contributed by atoms with Crippen LogP contribution in [0.5, 0.6) is 0 Å². The lowest BCUT2D eigenvalue weighted by atomic mass is 10.0. The van der Waals surface area contributed by atoms with Crippen molar-refractivity contribution in [2.45, 2.75) is 19.8 Å². The molecule has 21 heavy (non-hydrogen) atoms. The van der Waals surface area contributed by atoms with Crippen LogP contribution in [0, 0.1) is 0 Å². The lowest BCUT2D eigenvalue weighted by Gasteiger charge is -2.04. The highest BCUT2D eigenvalue weighted by molar-refractivity contribution is 5.67. The first-order valence-electron chi connectivity index (χ1n) is 7.33. The number of rotatable bonds is 4. The van der Waals surface area contributed by atoms with Gasteiger partial charge in [0.05, 0.1) is 0 Å². The van der Waals surface area contributed by atoms with E-state index in [2.05, 4.69) is 65.4 Å². The van der Waals surface area contributed by atoms with E-state index in [9.17, 15) is 0 Å². The summed E-state index contributed by atoms with van der Waals surface area (Å²) in [6.45, 7) is 2.16. The zero-order valence-electron chi connectivity index (χ0n) is 12.2. The van der Waals surface area contributed by atoms with Crippen molar-refractivity contribution in [3.05, 3.63) is 72.6 Å². The van der Waals surface area contributed by atoms with E-state index in [1.165, 1.54) is 16.7 Å². The predicted molar refractivity (Wildman–Crippen MR) is 86.9 cm³/mol. The van der Waals surface area contributed by atoms with Crippen molar-refractivity contribution in [1.82, 2.24) is 9.97 Å². The van der Waals surface area contributed by atoms with Gasteiger partial charge in [0.25, 0.3) is 0 Å². The fraction of sp³-hybridized carbons (Fsp3) is 0.158. The Balaban J connectivity index is 1.84. The van der Waals surface area contributed by atoms with Gasteiger partial charge in [0.2, 0.25) is 0 Å². The van der Waals surface area contributed by atoms with Crippen LogP contribution in [-0.2, 0) is 6.42 Å². The van der Waals surface area contributed by atoms with Gasteiger partial charge in [-0.05, 0) is 23.1 Å². The van der Waals surface area contributed by atoms with Gasteiger partial charge in [-0.3, -0.25) is 0 Å². The molecule has 0 radical (unpaired) electrons. The summed E-state index contributed by atoms with van der Waals surface area (Å²) in [6, 6.07) is 18.8. The van der Waals surface area contributed by atoms with Crippen molar-refractivity contribution in [1.29, 1.82) is 0 Å². The average Bonchev–Trinajstić information content (AvgIpc) is 2.57.